The molecule has 0 amide bonds. The largest absolute Gasteiger partial charge is 0.393 e. The van der Waals surface area contributed by atoms with Gasteiger partial charge in [0.15, 0.2) is 0 Å². The van der Waals surface area contributed by atoms with Crippen molar-refractivity contribution in [2.24, 2.45) is 11.8 Å². The summed E-state index contributed by atoms with van der Waals surface area (Å²) in [5.41, 5.74) is 0. The van der Waals surface area contributed by atoms with Crippen LogP contribution in [0.1, 0.15) is 40.0 Å². The van der Waals surface area contributed by atoms with Gasteiger partial charge in [-0.3, -0.25) is 0 Å². The highest BCUT2D eigenvalue weighted by Gasteiger charge is 2.36. The minimum absolute atomic E-state index is 0.193. The average molecular weight is 191 g/mol. The predicted octanol–water partition coefficient (Wildman–Crippen LogP) is 2.80. The van der Waals surface area contributed by atoms with Gasteiger partial charge in [0.2, 0.25) is 0 Å². The Morgan fingerprint density at radius 1 is 1.33 bits per heavy atom. The molecule has 2 heteroatoms. The Bertz CT molecular complexity index is 150. The molecule has 0 heterocycles. The zero-order valence-corrected chi connectivity index (χ0v) is 8.93. The monoisotopic (exact) mass is 190 g/mol. The van der Waals surface area contributed by atoms with E-state index >= 15 is 0 Å². The fourth-order valence-corrected chi connectivity index (χ4v) is 2.41. The zero-order valence-electron chi connectivity index (χ0n) is 8.18. The first-order chi connectivity index (χ1) is 5.41. The SMILES string of the molecule is C[C@H]1CC[C@H](C(C)(C)Cl)[C@@H](O)C1. The summed E-state index contributed by atoms with van der Waals surface area (Å²) in [6, 6.07) is 0. The number of hydrogen-bond acceptors (Lipinski definition) is 1. The van der Waals surface area contributed by atoms with E-state index in [1.807, 2.05) is 13.8 Å². The van der Waals surface area contributed by atoms with Gasteiger partial charge in [-0.05, 0) is 32.6 Å². The molecule has 0 saturated heterocycles. The summed E-state index contributed by atoms with van der Waals surface area (Å²) in [6.07, 6.45) is 3.00. The lowest BCUT2D eigenvalue weighted by Crippen LogP contribution is -2.39. The number of halogens is 1. The third-order valence-electron chi connectivity index (χ3n) is 2.96. The van der Waals surface area contributed by atoms with Crippen LogP contribution in [-0.2, 0) is 0 Å². The molecule has 0 spiro atoms. The van der Waals surface area contributed by atoms with Gasteiger partial charge in [-0.25, -0.2) is 0 Å². The molecule has 3 atom stereocenters. The zero-order chi connectivity index (χ0) is 9.35. The summed E-state index contributed by atoms with van der Waals surface area (Å²) < 4.78 is 0. The van der Waals surface area contributed by atoms with Crippen LogP contribution in [0.15, 0.2) is 0 Å². The second kappa shape index (κ2) is 3.55. The molecule has 0 bridgehead atoms. The molecule has 1 fully saturated rings. The van der Waals surface area contributed by atoms with E-state index in [-0.39, 0.29) is 16.9 Å². The summed E-state index contributed by atoms with van der Waals surface area (Å²) in [6.45, 7) is 6.19. The van der Waals surface area contributed by atoms with E-state index in [1.54, 1.807) is 0 Å². The van der Waals surface area contributed by atoms with Crippen LogP contribution in [0.3, 0.4) is 0 Å². The van der Waals surface area contributed by atoms with E-state index in [0.29, 0.717) is 5.92 Å². The summed E-state index contributed by atoms with van der Waals surface area (Å²) in [4.78, 5) is -0.250. The number of alkyl halides is 1. The topological polar surface area (TPSA) is 20.2 Å². The maximum atomic E-state index is 9.79. The number of rotatable bonds is 1. The van der Waals surface area contributed by atoms with E-state index in [1.165, 1.54) is 6.42 Å². The van der Waals surface area contributed by atoms with Crippen molar-refractivity contribution in [3.05, 3.63) is 0 Å². The normalized spacial score (nSPS) is 38.2. The molecule has 0 radical (unpaired) electrons. The highest BCUT2D eigenvalue weighted by molar-refractivity contribution is 6.23. The van der Waals surface area contributed by atoms with Crippen molar-refractivity contribution < 1.29 is 5.11 Å². The van der Waals surface area contributed by atoms with Gasteiger partial charge in [0.1, 0.15) is 0 Å². The molecule has 0 aromatic rings. The summed E-state index contributed by atoms with van der Waals surface area (Å²) >= 11 is 6.19. The lowest BCUT2D eigenvalue weighted by Gasteiger charge is -2.38. The van der Waals surface area contributed by atoms with E-state index in [0.717, 1.165) is 12.8 Å². The quantitative estimate of drug-likeness (QED) is 0.631. The van der Waals surface area contributed by atoms with Crippen LogP contribution in [0.2, 0.25) is 0 Å². The highest BCUT2D eigenvalue weighted by Crippen LogP contribution is 2.38. The molecule has 0 aromatic carbocycles. The first kappa shape index (κ1) is 10.3. The van der Waals surface area contributed by atoms with Crippen LogP contribution in [0.25, 0.3) is 0 Å². The Kier molecular flexibility index (Phi) is 3.06. The molecule has 72 valence electrons. The van der Waals surface area contributed by atoms with Gasteiger partial charge < -0.3 is 5.11 Å². The van der Waals surface area contributed by atoms with Crippen molar-refractivity contribution in [1.82, 2.24) is 0 Å². The van der Waals surface area contributed by atoms with Gasteiger partial charge in [0.05, 0.1) is 6.10 Å². The second-order valence-electron chi connectivity index (χ2n) is 4.66. The van der Waals surface area contributed by atoms with Gasteiger partial charge in [0, 0.05) is 10.8 Å². The second-order valence-corrected chi connectivity index (χ2v) is 5.63. The Morgan fingerprint density at radius 2 is 1.92 bits per heavy atom. The van der Waals surface area contributed by atoms with Crippen LogP contribution in [-0.4, -0.2) is 16.1 Å². The third-order valence-corrected chi connectivity index (χ3v) is 3.24. The maximum Gasteiger partial charge on any atom is 0.0587 e. The molecular weight excluding hydrogens is 172 g/mol. The Labute approximate surface area is 80.1 Å². The van der Waals surface area contributed by atoms with Crippen LogP contribution in [0.4, 0.5) is 0 Å². The molecule has 1 aliphatic rings. The number of aliphatic hydroxyl groups excluding tert-OH is 1. The van der Waals surface area contributed by atoms with Gasteiger partial charge in [-0.1, -0.05) is 13.3 Å². The summed E-state index contributed by atoms with van der Waals surface area (Å²) in [5.74, 6) is 0.936. The maximum absolute atomic E-state index is 9.79. The molecule has 1 rings (SSSR count). The minimum atomic E-state index is -0.250. The minimum Gasteiger partial charge on any atom is -0.393 e. The van der Waals surface area contributed by atoms with Crippen molar-refractivity contribution in [3.63, 3.8) is 0 Å². The predicted molar refractivity (Wildman–Crippen MR) is 52.4 cm³/mol. The molecule has 0 aromatic heterocycles. The third kappa shape index (κ3) is 2.37. The fourth-order valence-electron chi connectivity index (χ4n) is 2.15. The van der Waals surface area contributed by atoms with Gasteiger partial charge >= 0.3 is 0 Å². The Balaban J connectivity index is 2.57. The first-order valence-electron chi connectivity index (χ1n) is 4.78. The molecule has 1 saturated carbocycles. The molecule has 12 heavy (non-hydrogen) atoms. The molecule has 0 unspecified atom stereocenters. The van der Waals surface area contributed by atoms with Gasteiger partial charge in [-0.15, -0.1) is 11.6 Å². The standard InChI is InChI=1S/C10H19ClO/c1-7-4-5-8(9(12)6-7)10(2,3)11/h7-9,12H,4-6H2,1-3H3/t7-,8-,9-/m0/s1. The number of aliphatic hydroxyl groups is 1. The van der Waals surface area contributed by atoms with Crippen molar-refractivity contribution in [2.45, 2.75) is 51.0 Å². The Morgan fingerprint density at radius 3 is 2.33 bits per heavy atom. The van der Waals surface area contributed by atoms with E-state index in [2.05, 4.69) is 6.92 Å². The smallest absolute Gasteiger partial charge is 0.0587 e. The fraction of sp³-hybridized carbons (Fsp3) is 1.00. The van der Waals surface area contributed by atoms with E-state index in [9.17, 15) is 5.11 Å². The van der Waals surface area contributed by atoms with Crippen molar-refractivity contribution in [2.75, 3.05) is 0 Å². The highest BCUT2D eigenvalue weighted by atomic mass is 35.5. The first-order valence-corrected chi connectivity index (χ1v) is 5.16. The molecule has 1 nitrogen and oxygen atoms in total. The molecule has 0 aliphatic heterocycles. The summed E-state index contributed by atoms with van der Waals surface area (Å²) in [5, 5.41) is 9.79. The van der Waals surface area contributed by atoms with Crippen LogP contribution >= 0.6 is 11.6 Å². The van der Waals surface area contributed by atoms with E-state index in [4.69, 9.17) is 11.6 Å². The van der Waals surface area contributed by atoms with Gasteiger partial charge in [0.25, 0.3) is 0 Å². The van der Waals surface area contributed by atoms with Gasteiger partial charge in [-0.2, -0.15) is 0 Å². The van der Waals surface area contributed by atoms with Crippen molar-refractivity contribution in [3.8, 4) is 0 Å². The lowest BCUT2D eigenvalue weighted by atomic mass is 9.75. The van der Waals surface area contributed by atoms with Crippen molar-refractivity contribution >= 4 is 11.6 Å². The Hall–Kier alpha value is 0.250. The van der Waals surface area contributed by atoms with Crippen LogP contribution < -0.4 is 0 Å². The molecule has 1 N–H and O–H groups in total. The molecule has 1 aliphatic carbocycles. The molecular formula is C10H19ClO. The van der Waals surface area contributed by atoms with Crippen LogP contribution in [0, 0.1) is 11.8 Å². The van der Waals surface area contributed by atoms with Crippen LogP contribution in [0.5, 0.6) is 0 Å². The lowest BCUT2D eigenvalue weighted by molar-refractivity contribution is 0.0334. The average Bonchev–Trinajstić information content (AvgIpc) is 1.83. The number of hydrogen-bond donors (Lipinski definition) is 1. The summed E-state index contributed by atoms with van der Waals surface area (Å²) in [7, 11) is 0. The van der Waals surface area contributed by atoms with E-state index < -0.39 is 0 Å². The van der Waals surface area contributed by atoms with Crippen molar-refractivity contribution in [1.29, 1.82) is 0 Å².